The van der Waals surface area contributed by atoms with Gasteiger partial charge in [0, 0.05) is 25.6 Å². The van der Waals surface area contributed by atoms with Crippen LogP contribution in [0.15, 0.2) is 29.2 Å². The van der Waals surface area contributed by atoms with Gasteiger partial charge in [-0.3, -0.25) is 4.79 Å². The van der Waals surface area contributed by atoms with Crippen LogP contribution in [0.3, 0.4) is 0 Å². The van der Waals surface area contributed by atoms with E-state index < -0.39 is 10.0 Å². The van der Waals surface area contributed by atoms with Gasteiger partial charge in [-0.2, -0.15) is 0 Å². The highest BCUT2D eigenvalue weighted by Gasteiger charge is 2.22. The molecule has 116 valence electrons. The van der Waals surface area contributed by atoms with Crippen molar-refractivity contribution in [2.45, 2.75) is 43.2 Å². The molecule has 6 nitrogen and oxygen atoms in total. The fourth-order valence-electron chi connectivity index (χ4n) is 1.91. The van der Waals surface area contributed by atoms with Crippen molar-refractivity contribution in [1.82, 2.24) is 10.0 Å². The van der Waals surface area contributed by atoms with Gasteiger partial charge in [-0.05, 0) is 37.0 Å². The average molecular weight is 311 g/mol. The Morgan fingerprint density at radius 2 is 2.10 bits per heavy atom. The van der Waals surface area contributed by atoms with Crippen molar-refractivity contribution in [3.63, 3.8) is 0 Å². The van der Waals surface area contributed by atoms with Crippen LogP contribution in [0.5, 0.6) is 0 Å². The Morgan fingerprint density at radius 3 is 2.76 bits per heavy atom. The third-order valence-corrected chi connectivity index (χ3v) is 4.72. The van der Waals surface area contributed by atoms with E-state index in [9.17, 15) is 13.2 Å². The van der Waals surface area contributed by atoms with Gasteiger partial charge in [0.1, 0.15) is 0 Å². The Morgan fingerprint density at radius 1 is 1.33 bits per heavy atom. The number of amides is 1. The Bertz CT molecular complexity index is 597. The SMILES string of the molecule is NCc1cccc(S(=O)(=O)NCCCC(=O)NC2CC2)c1. The number of benzene rings is 1. The van der Waals surface area contributed by atoms with E-state index in [1.54, 1.807) is 18.2 Å². The van der Waals surface area contributed by atoms with Gasteiger partial charge < -0.3 is 11.1 Å². The summed E-state index contributed by atoms with van der Waals surface area (Å²) >= 11 is 0. The fraction of sp³-hybridized carbons (Fsp3) is 0.500. The lowest BCUT2D eigenvalue weighted by atomic mass is 10.2. The van der Waals surface area contributed by atoms with Gasteiger partial charge in [-0.1, -0.05) is 12.1 Å². The van der Waals surface area contributed by atoms with Crippen molar-refractivity contribution in [3.05, 3.63) is 29.8 Å². The topological polar surface area (TPSA) is 101 Å². The van der Waals surface area contributed by atoms with E-state index in [2.05, 4.69) is 10.0 Å². The standard InChI is InChI=1S/C14H21N3O3S/c15-10-11-3-1-4-13(9-11)21(19,20)16-8-2-5-14(18)17-12-6-7-12/h1,3-4,9,12,16H,2,5-8,10,15H2,(H,17,18). The number of hydrogen-bond acceptors (Lipinski definition) is 4. The second-order valence-corrected chi connectivity index (χ2v) is 6.96. The van der Waals surface area contributed by atoms with Gasteiger partial charge in [0.05, 0.1) is 4.90 Å². The Kier molecular flexibility index (Phi) is 5.33. The first-order chi connectivity index (χ1) is 10.0. The molecule has 0 aromatic heterocycles. The normalized spacial score (nSPS) is 14.9. The van der Waals surface area contributed by atoms with Gasteiger partial charge in [0.25, 0.3) is 0 Å². The van der Waals surface area contributed by atoms with Crippen LogP contribution in [0.2, 0.25) is 0 Å². The van der Waals surface area contributed by atoms with E-state index in [4.69, 9.17) is 5.73 Å². The second kappa shape index (κ2) is 7.02. The molecule has 0 unspecified atom stereocenters. The summed E-state index contributed by atoms with van der Waals surface area (Å²) in [5, 5.41) is 2.87. The van der Waals surface area contributed by atoms with Crippen LogP contribution < -0.4 is 15.8 Å². The molecule has 0 atom stereocenters. The van der Waals surface area contributed by atoms with Crippen LogP contribution in [0.4, 0.5) is 0 Å². The molecule has 1 aliphatic rings. The summed E-state index contributed by atoms with van der Waals surface area (Å²) in [6, 6.07) is 6.87. The highest BCUT2D eigenvalue weighted by molar-refractivity contribution is 7.89. The molecule has 0 aliphatic heterocycles. The lowest BCUT2D eigenvalue weighted by Gasteiger charge is -2.08. The molecular formula is C14H21N3O3S. The summed E-state index contributed by atoms with van der Waals surface area (Å²) in [6.07, 6.45) is 2.92. The molecule has 1 aliphatic carbocycles. The minimum absolute atomic E-state index is 0.0122. The molecule has 0 heterocycles. The van der Waals surface area contributed by atoms with Crippen molar-refractivity contribution in [1.29, 1.82) is 0 Å². The van der Waals surface area contributed by atoms with Crippen LogP contribution >= 0.6 is 0 Å². The lowest BCUT2D eigenvalue weighted by molar-refractivity contribution is -0.121. The van der Waals surface area contributed by atoms with E-state index in [-0.39, 0.29) is 17.3 Å². The largest absolute Gasteiger partial charge is 0.353 e. The first-order valence-electron chi connectivity index (χ1n) is 7.09. The molecule has 1 fully saturated rings. The van der Waals surface area contributed by atoms with E-state index in [0.29, 0.717) is 25.4 Å². The first-order valence-corrected chi connectivity index (χ1v) is 8.57. The van der Waals surface area contributed by atoms with Gasteiger partial charge in [0.15, 0.2) is 0 Å². The van der Waals surface area contributed by atoms with Crippen molar-refractivity contribution >= 4 is 15.9 Å². The molecule has 1 saturated carbocycles. The van der Waals surface area contributed by atoms with E-state index in [1.165, 1.54) is 6.07 Å². The third-order valence-electron chi connectivity index (χ3n) is 3.26. The monoisotopic (exact) mass is 311 g/mol. The molecule has 7 heteroatoms. The lowest BCUT2D eigenvalue weighted by Crippen LogP contribution is -2.28. The van der Waals surface area contributed by atoms with E-state index in [1.807, 2.05) is 0 Å². The van der Waals surface area contributed by atoms with Crippen molar-refractivity contribution in [2.75, 3.05) is 6.54 Å². The highest BCUT2D eigenvalue weighted by atomic mass is 32.2. The zero-order chi connectivity index (χ0) is 15.3. The minimum Gasteiger partial charge on any atom is -0.353 e. The molecule has 0 radical (unpaired) electrons. The average Bonchev–Trinajstić information content (AvgIpc) is 3.27. The number of carbonyl (C=O) groups excluding carboxylic acids is 1. The number of sulfonamides is 1. The van der Waals surface area contributed by atoms with Crippen LogP contribution in [0, 0.1) is 0 Å². The number of hydrogen-bond donors (Lipinski definition) is 3. The van der Waals surface area contributed by atoms with Crippen LogP contribution in [-0.4, -0.2) is 26.9 Å². The second-order valence-electron chi connectivity index (χ2n) is 5.19. The van der Waals surface area contributed by atoms with Crippen molar-refractivity contribution in [2.24, 2.45) is 5.73 Å². The summed E-state index contributed by atoms with van der Waals surface area (Å²) < 4.78 is 26.7. The van der Waals surface area contributed by atoms with E-state index in [0.717, 1.165) is 18.4 Å². The predicted molar refractivity (Wildman–Crippen MR) is 79.9 cm³/mol. The van der Waals surface area contributed by atoms with Gasteiger partial charge in [0.2, 0.25) is 15.9 Å². The maximum absolute atomic E-state index is 12.1. The molecule has 0 bridgehead atoms. The van der Waals surface area contributed by atoms with Crippen LogP contribution in [0.25, 0.3) is 0 Å². The molecule has 1 amide bonds. The number of nitrogens with two attached hydrogens (primary N) is 1. The van der Waals surface area contributed by atoms with Gasteiger partial charge >= 0.3 is 0 Å². The zero-order valence-corrected chi connectivity index (χ0v) is 12.7. The van der Waals surface area contributed by atoms with E-state index >= 15 is 0 Å². The Hall–Kier alpha value is -1.44. The Labute approximate surface area is 125 Å². The number of nitrogens with one attached hydrogen (secondary N) is 2. The molecule has 0 spiro atoms. The van der Waals surface area contributed by atoms with Crippen molar-refractivity contribution in [3.8, 4) is 0 Å². The zero-order valence-electron chi connectivity index (χ0n) is 11.8. The van der Waals surface area contributed by atoms with Crippen LogP contribution in [-0.2, 0) is 21.4 Å². The van der Waals surface area contributed by atoms with Crippen molar-refractivity contribution < 1.29 is 13.2 Å². The molecule has 21 heavy (non-hydrogen) atoms. The maximum atomic E-state index is 12.1. The van der Waals surface area contributed by atoms with Crippen LogP contribution in [0.1, 0.15) is 31.2 Å². The molecule has 1 aromatic carbocycles. The summed E-state index contributed by atoms with van der Waals surface area (Å²) in [4.78, 5) is 11.7. The van der Waals surface area contributed by atoms with Gasteiger partial charge in [-0.15, -0.1) is 0 Å². The molecular weight excluding hydrogens is 290 g/mol. The predicted octanol–water partition coefficient (Wildman–Crippen LogP) is 0.482. The fourth-order valence-corrected chi connectivity index (χ4v) is 3.05. The highest BCUT2D eigenvalue weighted by Crippen LogP contribution is 2.18. The molecule has 2 rings (SSSR count). The third kappa shape index (κ3) is 5.11. The molecule has 0 saturated heterocycles. The quantitative estimate of drug-likeness (QED) is 0.608. The summed E-state index contributed by atoms with van der Waals surface area (Å²) in [5.41, 5.74) is 6.27. The minimum atomic E-state index is -3.54. The number of rotatable bonds is 8. The molecule has 4 N–H and O–H groups in total. The Balaban J connectivity index is 1.78. The molecule has 1 aromatic rings. The smallest absolute Gasteiger partial charge is 0.240 e. The maximum Gasteiger partial charge on any atom is 0.240 e. The summed E-state index contributed by atoms with van der Waals surface area (Å²) in [6.45, 7) is 0.540. The first kappa shape index (κ1) is 15.9. The van der Waals surface area contributed by atoms with Gasteiger partial charge in [-0.25, -0.2) is 13.1 Å². The summed E-state index contributed by atoms with van der Waals surface area (Å²) in [5.74, 6) is -0.0122. The summed E-state index contributed by atoms with van der Waals surface area (Å²) in [7, 11) is -3.54. The number of carbonyl (C=O) groups is 1.